The predicted molar refractivity (Wildman–Crippen MR) is 88.3 cm³/mol. The molecule has 0 unspecified atom stereocenters. The van der Waals surface area contributed by atoms with E-state index < -0.39 is 6.10 Å². The number of rotatable bonds is 3. The van der Waals surface area contributed by atoms with E-state index in [4.69, 9.17) is 4.74 Å². The van der Waals surface area contributed by atoms with Gasteiger partial charge in [-0.2, -0.15) is 0 Å². The fourth-order valence-corrected chi connectivity index (χ4v) is 4.94. The average molecular weight is 331 g/mol. The molecule has 0 bridgehead atoms. The maximum atomic E-state index is 12.8. The Labute approximate surface area is 142 Å². The van der Waals surface area contributed by atoms with Crippen LogP contribution in [0.1, 0.15) is 24.3 Å². The van der Waals surface area contributed by atoms with E-state index in [-0.39, 0.29) is 35.7 Å². The smallest absolute Gasteiger partial charge is 0.225 e. The Morgan fingerprint density at radius 2 is 1.96 bits per heavy atom. The molecule has 4 rings (SSSR count). The van der Waals surface area contributed by atoms with Crippen molar-refractivity contribution >= 4 is 5.91 Å². The zero-order valence-corrected chi connectivity index (χ0v) is 13.8. The Balaban J connectivity index is 1.53. The molecule has 5 nitrogen and oxygen atoms in total. The molecule has 4 atom stereocenters. The number of ether oxygens (including phenoxy) is 1. The number of amides is 1. The summed E-state index contributed by atoms with van der Waals surface area (Å²) in [7, 11) is 0. The summed E-state index contributed by atoms with van der Waals surface area (Å²) in [6.07, 6.45) is 0.970. The maximum Gasteiger partial charge on any atom is 0.225 e. The van der Waals surface area contributed by atoms with Crippen molar-refractivity contribution in [2.75, 3.05) is 32.9 Å². The molecule has 5 heteroatoms. The minimum absolute atomic E-state index is 0.0163. The van der Waals surface area contributed by atoms with Gasteiger partial charge in [0.2, 0.25) is 5.91 Å². The molecule has 1 aromatic carbocycles. The molecule has 1 aliphatic carbocycles. The normalized spacial score (nSPS) is 36.2. The molecule has 1 amide bonds. The van der Waals surface area contributed by atoms with Gasteiger partial charge in [0.25, 0.3) is 0 Å². The number of hydrogen-bond acceptors (Lipinski definition) is 4. The Kier molecular flexibility index (Phi) is 4.11. The molecule has 2 heterocycles. The molecule has 1 spiro atoms. The first-order chi connectivity index (χ1) is 11.7. The van der Waals surface area contributed by atoms with Crippen molar-refractivity contribution in [3.05, 3.63) is 35.9 Å². The van der Waals surface area contributed by atoms with Gasteiger partial charge in [-0.3, -0.25) is 4.79 Å². The summed E-state index contributed by atoms with van der Waals surface area (Å²) in [6, 6.07) is 10.1. The van der Waals surface area contributed by atoms with Crippen LogP contribution in [-0.2, 0) is 9.53 Å². The lowest BCUT2D eigenvalue weighted by atomic mass is 9.95. The standard InChI is InChI=1S/C19H25NO4/c21-11-15-17(13-4-2-1-3-5-13)19(15)12-20(10-16(19)22)18(23)14-6-8-24-9-7-14/h1-5,14-17,21-22H,6-12H2/t15-,16-,17-,19-/m1/s1. The molecule has 1 saturated carbocycles. The van der Waals surface area contributed by atoms with Gasteiger partial charge >= 0.3 is 0 Å². The van der Waals surface area contributed by atoms with Gasteiger partial charge in [-0.05, 0) is 30.2 Å². The number of β-amino-alcohol motifs (C(OH)–C–C–N with tert-alkyl or cyclic N) is 1. The molecule has 3 fully saturated rings. The molecular formula is C19H25NO4. The molecule has 2 saturated heterocycles. The summed E-state index contributed by atoms with van der Waals surface area (Å²) in [5.74, 6) is 0.320. The minimum atomic E-state index is -0.566. The van der Waals surface area contributed by atoms with Crippen molar-refractivity contribution in [2.24, 2.45) is 17.3 Å². The summed E-state index contributed by atoms with van der Waals surface area (Å²) in [6.45, 7) is 2.27. The summed E-state index contributed by atoms with van der Waals surface area (Å²) in [4.78, 5) is 14.6. The highest BCUT2D eigenvalue weighted by atomic mass is 16.5. The lowest BCUT2D eigenvalue weighted by Crippen LogP contribution is -2.37. The fraction of sp³-hybridized carbons (Fsp3) is 0.632. The number of likely N-dealkylation sites (tertiary alicyclic amines) is 1. The van der Waals surface area contributed by atoms with Crippen molar-refractivity contribution in [1.82, 2.24) is 4.90 Å². The first-order valence-corrected chi connectivity index (χ1v) is 8.89. The number of nitrogens with zero attached hydrogens (tertiary/aromatic N) is 1. The monoisotopic (exact) mass is 331 g/mol. The second-order valence-electron chi connectivity index (χ2n) is 7.41. The number of carbonyl (C=O) groups is 1. The van der Waals surface area contributed by atoms with Crippen LogP contribution in [0.3, 0.4) is 0 Å². The van der Waals surface area contributed by atoms with Crippen LogP contribution in [0.5, 0.6) is 0 Å². The largest absolute Gasteiger partial charge is 0.396 e. The van der Waals surface area contributed by atoms with Gasteiger partial charge in [0.15, 0.2) is 0 Å². The zero-order chi connectivity index (χ0) is 16.7. The molecule has 2 aliphatic heterocycles. The number of aliphatic hydroxyl groups is 2. The molecule has 130 valence electrons. The Bertz CT molecular complexity index is 601. The highest BCUT2D eigenvalue weighted by Crippen LogP contribution is 2.68. The van der Waals surface area contributed by atoms with E-state index in [0.717, 1.165) is 18.4 Å². The van der Waals surface area contributed by atoms with E-state index in [2.05, 4.69) is 12.1 Å². The first-order valence-electron chi connectivity index (χ1n) is 8.89. The van der Waals surface area contributed by atoms with Crippen molar-refractivity contribution < 1.29 is 19.7 Å². The van der Waals surface area contributed by atoms with Gasteiger partial charge in [-0.1, -0.05) is 30.3 Å². The van der Waals surface area contributed by atoms with Crippen LogP contribution >= 0.6 is 0 Å². The lowest BCUT2D eigenvalue weighted by Gasteiger charge is -2.26. The van der Waals surface area contributed by atoms with Crippen LogP contribution in [-0.4, -0.2) is 60.0 Å². The second-order valence-corrected chi connectivity index (χ2v) is 7.41. The van der Waals surface area contributed by atoms with E-state index >= 15 is 0 Å². The highest BCUT2D eigenvalue weighted by molar-refractivity contribution is 5.79. The van der Waals surface area contributed by atoms with Crippen molar-refractivity contribution in [1.29, 1.82) is 0 Å². The van der Waals surface area contributed by atoms with Gasteiger partial charge in [0.05, 0.1) is 6.10 Å². The molecule has 2 N–H and O–H groups in total. The molecule has 1 aromatic rings. The van der Waals surface area contributed by atoms with Crippen LogP contribution in [0, 0.1) is 17.3 Å². The fourth-order valence-electron chi connectivity index (χ4n) is 4.94. The van der Waals surface area contributed by atoms with Crippen LogP contribution in [0.2, 0.25) is 0 Å². The van der Waals surface area contributed by atoms with Crippen LogP contribution in [0.15, 0.2) is 30.3 Å². The topological polar surface area (TPSA) is 70.0 Å². The Hall–Kier alpha value is -1.43. The minimum Gasteiger partial charge on any atom is -0.396 e. The lowest BCUT2D eigenvalue weighted by molar-refractivity contribution is -0.137. The number of aliphatic hydroxyl groups excluding tert-OH is 2. The van der Waals surface area contributed by atoms with E-state index in [1.807, 2.05) is 23.1 Å². The third kappa shape index (κ3) is 2.38. The summed E-state index contributed by atoms with van der Waals surface area (Å²) in [5, 5.41) is 20.6. The van der Waals surface area contributed by atoms with Gasteiger partial charge < -0.3 is 19.8 Å². The van der Waals surface area contributed by atoms with E-state index in [1.165, 1.54) is 0 Å². The number of benzene rings is 1. The third-order valence-corrected chi connectivity index (χ3v) is 6.28. The van der Waals surface area contributed by atoms with E-state index in [1.54, 1.807) is 0 Å². The predicted octanol–water partition coefficient (Wildman–Crippen LogP) is 1.01. The van der Waals surface area contributed by atoms with E-state index in [0.29, 0.717) is 26.3 Å². The van der Waals surface area contributed by atoms with Gasteiger partial charge in [-0.25, -0.2) is 0 Å². The number of hydrogen-bond donors (Lipinski definition) is 2. The third-order valence-electron chi connectivity index (χ3n) is 6.28. The molecular weight excluding hydrogens is 306 g/mol. The van der Waals surface area contributed by atoms with Gasteiger partial charge in [-0.15, -0.1) is 0 Å². The van der Waals surface area contributed by atoms with Crippen molar-refractivity contribution in [3.8, 4) is 0 Å². The summed E-state index contributed by atoms with van der Waals surface area (Å²) < 4.78 is 5.34. The Morgan fingerprint density at radius 1 is 1.25 bits per heavy atom. The van der Waals surface area contributed by atoms with E-state index in [9.17, 15) is 15.0 Å². The van der Waals surface area contributed by atoms with Gasteiger partial charge in [0.1, 0.15) is 0 Å². The second kappa shape index (κ2) is 6.14. The number of carbonyl (C=O) groups excluding carboxylic acids is 1. The average Bonchev–Trinajstić information content (AvgIpc) is 3.17. The molecule has 0 radical (unpaired) electrons. The van der Waals surface area contributed by atoms with Crippen molar-refractivity contribution in [2.45, 2.75) is 24.9 Å². The summed E-state index contributed by atoms with van der Waals surface area (Å²) >= 11 is 0. The molecule has 24 heavy (non-hydrogen) atoms. The first kappa shape index (κ1) is 16.1. The van der Waals surface area contributed by atoms with Crippen LogP contribution < -0.4 is 0 Å². The maximum absolute atomic E-state index is 12.8. The SMILES string of the molecule is O=C(C1CCOCC1)N1C[C@@H](O)[C@@]2(C1)[C@H](CO)[C@H]2c1ccccc1. The van der Waals surface area contributed by atoms with Crippen LogP contribution in [0.25, 0.3) is 0 Å². The zero-order valence-electron chi connectivity index (χ0n) is 13.8. The van der Waals surface area contributed by atoms with Crippen LogP contribution in [0.4, 0.5) is 0 Å². The quantitative estimate of drug-likeness (QED) is 0.867. The highest BCUT2D eigenvalue weighted by Gasteiger charge is 2.71. The molecule has 3 aliphatic rings. The van der Waals surface area contributed by atoms with Crippen molar-refractivity contribution in [3.63, 3.8) is 0 Å². The summed E-state index contributed by atoms with van der Waals surface area (Å²) in [5.41, 5.74) is 0.771. The Morgan fingerprint density at radius 3 is 2.62 bits per heavy atom. The molecule has 0 aromatic heterocycles. The van der Waals surface area contributed by atoms with Gasteiger partial charge in [0, 0.05) is 44.2 Å².